The zero-order valence-electron chi connectivity index (χ0n) is 16.0. The zero-order chi connectivity index (χ0) is 19.1. The van der Waals surface area contributed by atoms with Crippen molar-refractivity contribution in [1.29, 1.82) is 0 Å². The van der Waals surface area contributed by atoms with Gasteiger partial charge in [-0.2, -0.15) is 0 Å². The molecule has 1 aliphatic heterocycles. The highest BCUT2D eigenvalue weighted by molar-refractivity contribution is 5.76. The van der Waals surface area contributed by atoms with Gasteiger partial charge in [-0.15, -0.1) is 0 Å². The fourth-order valence-electron chi connectivity index (χ4n) is 3.35. The monoisotopic (exact) mass is 369 g/mol. The standard InChI is InChI=1S/C20H27N5O2/c1-15-4-3-5-18(23-15)24-19-13-17(21-14-22-19)12-16-6-9-25(10-7-16)20(26)8-11-27-2/h3-5,13-14,16H,6-12H2,1-2H3,(H,21,22,23,24). The molecule has 3 rings (SSSR count). The van der Waals surface area contributed by atoms with Crippen LogP contribution in [0.15, 0.2) is 30.6 Å². The number of carbonyl (C=O) groups is 1. The minimum absolute atomic E-state index is 0.189. The molecular weight excluding hydrogens is 342 g/mol. The van der Waals surface area contributed by atoms with Crippen molar-refractivity contribution in [2.24, 2.45) is 5.92 Å². The van der Waals surface area contributed by atoms with Crippen LogP contribution in [0.5, 0.6) is 0 Å². The summed E-state index contributed by atoms with van der Waals surface area (Å²) in [5.41, 5.74) is 1.98. The number of methoxy groups -OCH3 is 1. The number of nitrogens with zero attached hydrogens (tertiary/aromatic N) is 4. The van der Waals surface area contributed by atoms with E-state index in [0.717, 1.165) is 55.4 Å². The second-order valence-electron chi connectivity index (χ2n) is 6.95. The summed E-state index contributed by atoms with van der Waals surface area (Å²) in [5, 5.41) is 3.24. The number of nitrogens with one attached hydrogen (secondary N) is 1. The SMILES string of the molecule is COCCC(=O)N1CCC(Cc2cc(Nc3cccc(C)n3)ncn2)CC1. The maximum atomic E-state index is 12.1. The number of hydrogen-bond donors (Lipinski definition) is 1. The van der Waals surface area contributed by atoms with Gasteiger partial charge < -0.3 is 15.0 Å². The third kappa shape index (κ3) is 5.72. The normalized spacial score (nSPS) is 15.0. The average molecular weight is 369 g/mol. The van der Waals surface area contributed by atoms with Gasteiger partial charge in [-0.05, 0) is 44.2 Å². The molecule has 27 heavy (non-hydrogen) atoms. The fourth-order valence-corrected chi connectivity index (χ4v) is 3.35. The molecule has 7 heteroatoms. The van der Waals surface area contributed by atoms with Crippen LogP contribution in [0.1, 0.15) is 30.7 Å². The number of piperidine rings is 1. The number of anilines is 2. The minimum atomic E-state index is 0.189. The van der Waals surface area contributed by atoms with Gasteiger partial charge in [0, 0.05) is 37.7 Å². The van der Waals surface area contributed by atoms with E-state index in [1.807, 2.05) is 36.1 Å². The second-order valence-corrected chi connectivity index (χ2v) is 6.95. The lowest BCUT2D eigenvalue weighted by Gasteiger charge is -2.32. The molecule has 0 spiro atoms. The second kappa shape index (κ2) is 9.41. The molecule has 1 fully saturated rings. The topological polar surface area (TPSA) is 80.2 Å². The van der Waals surface area contributed by atoms with Crippen molar-refractivity contribution in [2.45, 2.75) is 32.6 Å². The first-order valence-electron chi connectivity index (χ1n) is 9.42. The van der Waals surface area contributed by atoms with E-state index in [1.54, 1.807) is 13.4 Å². The highest BCUT2D eigenvalue weighted by atomic mass is 16.5. The smallest absolute Gasteiger partial charge is 0.224 e. The quantitative estimate of drug-likeness (QED) is 0.808. The molecule has 7 nitrogen and oxygen atoms in total. The van der Waals surface area contributed by atoms with Gasteiger partial charge in [0.15, 0.2) is 0 Å². The average Bonchev–Trinajstić information content (AvgIpc) is 2.67. The van der Waals surface area contributed by atoms with Crippen LogP contribution in [-0.2, 0) is 16.0 Å². The van der Waals surface area contributed by atoms with E-state index in [2.05, 4.69) is 20.3 Å². The summed E-state index contributed by atoms with van der Waals surface area (Å²) in [7, 11) is 1.62. The van der Waals surface area contributed by atoms with Gasteiger partial charge >= 0.3 is 0 Å². The highest BCUT2D eigenvalue weighted by Gasteiger charge is 2.23. The molecule has 1 saturated heterocycles. The Morgan fingerprint density at radius 3 is 2.81 bits per heavy atom. The van der Waals surface area contributed by atoms with Gasteiger partial charge in [0.1, 0.15) is 18.0 Å². The molecule has 1 amide bonds. The molecule has 3 heterocycles. The van der Waals surface area contributed by atoms with Crippen LogP contribution in [0.3, 0.4) is 0 Å². The van der Waals surface area contributed by atoms with Gasteiger partial charge in [-0.25, -0.2) is 15.0 Å². The third-order valence-electron chi connectivity index (χ3n) is 4.85. The van der Waals surface area contributed by atoms with E-state index >= 15 is 0 Å². The Hall–Kier alpha value is -2.54. The predicted molar refractivity (Wildman–Crippen MR) is 104 cm³/mol. The number of aromatic nitrogens is 3. The first-order chi connectivity index (χ1) is 13.1. The summed E-state index contributed by atoms with van der Waals surface area (Å²) in [4.78, 5) is 27.2. The first kappa shape index (κ1) is 19.2. The van der Waals surface area contributed by atoms with Crippen molar-refractivity contribution in [3.8, 4) is 0 Å². The summed E-state index contributed by atoms with van der Waals surface area (Å²) in [5.74, 6) is 2.26. The molecular formula is C20H27N5O2. The summed E-state index contributed by atoms with van der Waals surface area (Å²) < 4.78 is 4.99. The molecule has 0 radical (unpaired) electrons. The minimum Gasteiger partial charge on any atom is -0.384 e. The van der Waals surface area contributed by atoms with Crippen LogP contribution in [-0.4, -0.2) is 52.6 Å². The lowest BCUT2D eigenvalue weighted by molar-refractivity contribution is -0.133. The van der Waals surface area contributed by atoms with E-state index in [-0.39, 0.29) is 5.91 Å². The van der Waals surface area contributed by atoms with Crippen LogP contribution in [0.2, 0.25) is 0 Å². The molecule has 144 valence electrons. The van der Waals surface area contributed by atoms with Crippen LogP contribution >= 0.6 is 0 Å². The fraction of sp³-hybridized carbons (Fsp3) is 0.500. The first-order valence-corrected chi connectivity index (χ1v) is 9.42. The largest absolute Gasteiger partial charge is 0.384 e. The van der Waals surface area contributed by atoms with E-state index in [9.17, 15) is 4.79 Å². The predicted octanol–water partition coefficient (Wildman–Crippen LogP) is 2.74. The number of hydrogen-bond acceptors (Lipinski definition) is 6. The molecule has 1 N–H and O–H groups in total. The van der Waals surface area contributed by atoms with E-state index < -0.39 is 0 Å². The number of aryl methyl sites for hydroxylation is 1. The molecule has 0 aromatic carbocycles. The number of carbonyl (C=O) groups excluding carboxylic acids is 1. The molecule has 0 saturated carbocycles. The molecule has 0 unspecified atom stereocenters. The maximum absolute atomic E-state index is 12.1. The Morgan fingerprint density at radius 1 is 1.26 bits per heavy atom. The van der Waals surface area contributed by atoms with Gasteiger partial charge in [0.25, 0.3) is 0 Å². The molecule has 2 aromatic heterocycles. The zero-order valence-corrected chi connectivity index (χ0v) is 16.0. The summed E-state index contributed by atoms with van der Waals surface area (Å²) in [6.07, 6.45) is 4.97. The van der Waals surface area contributed by atoms with Crippen LogP contribution in [0.25, 0.3) is 0 Å². The Morgan fingerprint density at radius 2 is 2.07 bits per heavy atom. The van der Waals surface area contributed by atoms with E-state index in [4.69, 9.17) is 4.74 Å². The number of amides is 1. The maximum Gasteiger partial charge on any atom is 0.224 e. The molecule has 0 bridgehead atoms. The van der Waals surface area contributed by atoms with Crippen LogP contribution in [0.4, 0.5) is 11.6 Å². The number of rotatable bonds is 7. The third-order valence-corrected chi connectivity index (χ3v) is 4.85. The lowest BCUT2D eigenvalue weighted by atomic mass is 9.92. The number of ether oxygens (including phenoxy) is 1. The lowest BCUT2D eigenvalue weighted by Crippen LogP contribution is -2.39. The van der Waals surface area contributed by atoms with Gasteiger partial charge in [-0.1, -0.05) is 6.07 Å². The van der Waals surface area contributed by atoms with Crippen molar-refractivity contribution in [3.63, 3.8) is 0 Å². The van der Waals surface area contributed by atoms with Crippen LogP contribution in [0, 0.1) is 12.8 Å². The highest BCUT2D eigenvalue weighted by Crippen LogP contribution is 2.22. The molecule has 0 aliphatic carbocycles. The Kier molecular flexibility index (Phi) is 6.70. The van der Waals surface area contributed by atoms with Gasteiger partial charge in [0.05, 0.1) is 13.0 Å². The summed E-state index contributed by atoms with van der Waals surface area (Å²) in [6, 6.07) is 7.84. The van der Waals surface area contributed by atoms with Gasteiger partial charge in [0.2, 0.25) is 5.91 Å². The van der Waals surface area contributed by atoms with Crippen molar-refractivity contribution in [1.82, 2.24) is 19.9 Å². The Balaban J connectivity index is 1.52. The molecule has 0 atom stereocenters. The summed E-state index contributed by atoms with van der Waals surface area (Å²) >= 11 is 0. The molecule has 1 aliphatic rings. The van der Waals surface area contributed by atoms with Crippen molar-refractivity contribution in [2.75, 3.05) is 32.1 Å². The van der Waals surface area contributed by atoms with E-state index in [1.165, 1.54) is 0 Å². The number of pyridine rings is 1. The summed E-state index contributed by atoms with van der Waals surface area (Å²) in [6.45, 7) is 4.08. The van der Waals surface area contributed by atoms with E-state index in [0.29, 0.717) is 18.9 Å². The molecule has 2 aromatic rings. The number of likely N-dealkylation sites (tertiary alicyclic amines) is 1. The Labute approximate surface area is 160 Å². The van der Waals surface area contributed by atoms with Crippen molar-refractivity contribution in [3.05, 3.63) is 42.0 Å². The van der Waals surface area contributed by atoms with Crippen molar-refractivity contribution >= 4 is 17.5 Å². The van der Waals surface area contributed by atoms with Crippen LogP contribution < -0.4 is 5.32 Å². The van der Waals surface area contributed by atoms with Gasteiger partial charge in [-0.3, -0.25) is 4.79 Å². The van der Waals surface area contributed by atoms with Crippen molar-refractivity contribution < 1.29 is 9.53 Å². The Bertz CT molecular complexity index is 760.